The molecule has 0 saturated heterocycles. The molecule has 0 radical (unpaired) electrons. The van der Waals surface area contributed by atoms with Crippen molar-refractivity contribution in [3.8, 4) is 11.5 Å². The van der Waals surface area contributed by atoms with Crippen molar-refractivity contribution in [3.63, 3.8) is 0 Å². The third-order valence-electron chi connectivity index (χ3n) is 4.02. The van der Waals surface area contributed by atoms with E-state index < -0.39 is 5.56 Å². The van der Waals surface area contributed by atoms with Crippen molar-refractivity contribution in [2.45, 2.75) is 6.42 Å². The fraction of sp³-hybridized carbons (Fsp3) is 0.111. The number of aromatic amines is 1. The average molecular weight is 480 g/mol. The molecule has 1 aliphatic heterocycles. The molecule has 1 N–H and O–H groups in total. The molecule has 0 saturated carbocycles. The van der Waals surface area contributed by atoms with Crippen LogP contribution in [-0.4, -0.2) is 27.9 Å². The molecule has 0 bridgehead atoms. The average Bonchev–Trinajstić information content (AvgIpc) is 3.17. The van der Waals surface area contributed by atoms with Crippen LogP contribution in [0.1, 0.15) is 16.8 Å². The van der Waals surface area contributed by atoms with Crippen LogP contribution in [0, 0.1) is 4.77 Å². The normalized spacial score (nSPS) is 12.6. The van der Waals surface area contributed by atoms with Gasteiger partial charge in [0.25, 0.3) is 5.56 Å². The minimum atomic E-state index is -0.396. The lowest BCUT2D eigenvalue weighted by Gasteiger charge is -2.05. The smallest absolute Gasteiger partial charge is 0.297 e. The van der Waals surface area contributed by atoms with Gasteiger partial charge >= 0.3 is 0 Å². The predicted octanol–water partition coefficient (Wildman–Crippen LogP) is 3.92. The number of fused-ring (bicyclic) bond motifs is 1. The van der Waals surface area contributed by atoms with E-state index in [0.29, 0.717) is 33.0 Å². The summed E-state index contributed by atoms with van der Waals surface area (Å²) in [6.07, 6.45) is 1.84. The lowest BCUT2D eigenvalue weighted by Crippen LogP contribution is -2.25. The summed E-state index contributed by atoms with van der Waals surface area (Å²) in [6, 6.07) is 10.8. The van der Waals surface area contributed by atoms with Crippen LogP contribution in [0.25, 0.3) is 0 Å². The summed E-state index contributed by atoms with van der Waals surface area (Å²) >= 11 is 14.5. The van der Waals surface area contributed by atoms with Crippen molar-refractivity contribution >= 4 is 46.0 Å². The molecule has 1 aromatic heterocycles. The summed E-state index contributed by atoms with van der Waals surface area (Å²) < 4.78 is 12.6. The number of nitrogens with one attached hydrogen (secondary N) is 1. The first-order valence-electron chi connectivity index (χ1n) is 8.10. The third-order valence-corrected chi connectivity index (χ3v) is 5.36. The number of halogens is 2. The predicted molar refractivity (Wildman–Crippen MR) is 111 cm³/mol. The van der Waals surface area contributed by atoms with Gasteiger partial charge in [0, 0.05) is 17.0 Å². The van der Waals surface area contributed by atoms with Crippen molar-refractivity contribution in [1.29, 1.82) is 0 Å². The van der Waals surface area contributed by atoms with Gasteiger partial charge in [0.15, 0.2) is 11.5 Å². The van der Waals surface area contributed by atoms with Gasteiger partial charge in [-0.1, -0.05) is 23.7 Å². The maximum atomic E-state index is 12.8. The molecule has 0 amide bonds. The molecule has 7 nitrogen and oxygen atoms in total. The van der Waals surface area contributed by atoms with Crippen molar-refractivity contribution in [2.75, 3.05) is 6.79 Å². The highest BCUT2D eigenvalue weighted by Gasteiger charge is 2.18. The largest absolute Gasteiger partial charge is 0.454 e. The molecule has 4 rings (SSSR count). The van der Waals surface area contributed by atoms with E-state index in [0.717, 1.165) is 10.2 Å². The number of H-pyrrole nitrogens is 1. The number of hydrogen-bond acceptors (Lipinski definition) is 6. The molecule has 0 atom stereocenters. The Kier molecular flexibility index (Phi) is 5.29. The van der Waals surface area contributed by atoms with Crippen LogP contribution in [0.4, 0.5) is 0 Å². The Morgan fingerprint density at radius 3 is 2.86 bits per heavy atom. The Morgan fingerprint density at radius 2 is 2.07 bits per heavy atom. The van der Waals surface area contributed by atoms with Crippen molar-refractivity contribution in [2.24, 2.45) is 5.10 Å². The molecule has 0 spiro atoms. The molecule has 10 heteroatoms. The van der Waals surface area contributed by atoms with Gasteiger partial charge in [0.2, 0.25) is 11.6 Å². The van der Waals surface area contributed by atoms with Gasteiger partial charge in [-0.3, -0.25) is 9.89 Å². The summed E-state index contributed by atoms with van der Waals surface area (Å²) in [4.78, 5) is 12.8. The van der Waals surface area contributed by atoms with E-state index in [9.17, 15) is 4.79 Å². The van der Waals surface area contributed by atoms with Crippen molar-refractivity contribution < 1.29 is 9.47 Å². The molecule has 3 aromatic rings. The van der Waals surface area contributed by atoms with Crippen LogP contribution in [0.3, 0.4) is 0 Å². The minimum Gasteiger partial charge on any atom is -0.454 e. The highest BCUT2D eigenvalue weighted by molar-refractivity contribution is 9.10. The molecular formula is C18H12BrClN4O3S. The molecular weight excluding hydrogens is 468 g/mol. The SMILES string of the molecule is O=c1c(Cc2ccc(Cl)cc2)n[nH]c(=S)n1/N=C/c1ccc2c(c1Br)OCO2. The van der Waals surface area contributed by atoms with Crippen LogP contribution in [-0.2, 0) is 6.42 Å². The maximum absolute atomic E-state index is 12.8. The molecule has 1 aliphatic rings. The fourth-order valence-corrected chi connectivity index (χ4v) is 3.46. The number of benzene rings is 2. The first-order valence-corrected chi connectivity index (χ1v) is 9.68. The van der Waals surface area contributed by atoms with Gasteiger partial charge in [-0.15, -0.1) is 0 Å². The number of rotatable bonds is 4. The lowest BCUT2D eigenvalue weighted by atomic mass is 10.1. The quantitative estimate of drug-likeness (QED) is 0.453. The molecule has 0 fully saturated rings. The first kappa shape index (κ1) is 18.9. The maximum Gasteiger partial charge on any atom is 0.297 e. The third kappa shape index (κ3) is 3.73. The zero-order valence-electron chi connectivity index (χ0n) is 14.2. The minimum absolute atomic E-state index is 0.0953. The van der Waals surface area contributed by atoms with Gasteiger partial charge in [-0.25, -0.2) is 0 Å². The van der Waals surface area contributed by atoms with Crippen LogP contribution in [0.2, 0.25) is 5.02 Å². The van der Waals surface area contributed by atoms with Crippen LogP contribution in [0.5, 0.6) is 11.5 Å². The van der Waals surface area contributed by atoms with E-state index in [1.54, 1.807) is 24.3 Å². The van der Waals surface area contributed by atoms with Crippen LogP contribution < -0.4 is 15.0 Å². The number of aromatic nitrogens is 3. The summed E-state index contributed by atoms with van der Waals surface area (Å²) in [6.45, 7) is 0.164. The van der Waals surface area contributed by atoms with Gasteiger partial charge in [-0.2, -0.15) is 14.9 Å². The van der Waals surface area contributed by atoms with Crippen LogP contribution in [0.15, 0.2) is 50.8 Å². The molecule has 0 unspecified atom stereocenters. The monoisotopic (exact) mass is 478 g/mol. The highest BCUT2D eigenvalue weighted by atomic mass is 79.9. The molecule has 2 heterocycles. The lowest BCUT2D eigenvalue weighted by molar-refractivity contribution is 0.173. The Balaban J connectivity index is 1.67. The first-order chi connectivity index (χ1) is 13.5. The van der Waals surface area contributed by atoms with E-state index in [1.807, 2.05) is 12.1 Å². The van der Waals surface area contributed by atoms with E-state index in [4.69, 9.17) is 33.3 Å². The fourth-order valence-electron chi connectivity index (χ4n) is 2.61. The summed E-state index contributed by atoms with van der Waals surface area (Å²) in [5.74, 6) is 1.24. The second kappa shape index (κ2) is 7.86. The Morgan fingerprint density at radius 1 is 1.29 bits per heavy atom. The Labute approximate surface area is 177 Å². The highest BCUT2D eigenvalue weighted by Crippen LogP contribution is 2.40. The number of nitrogens with zero attached hydrogens (tertiary/aromatic N) is 3. The van der Waals surface area contributed by atoms with Gasteiger partial charge in [-0.05, 0) is 58.0 Å². The molecule has 28 heavy (non-hydrogen) atoms. The van der Waals surface area contributed by atoms with Crippen LogP contribution >= 0.6 is 39.7 Å². The zero-order chi connectivity index (χ0) is 19.7. The summed E-state index contributed by atoms with van der Waals surface area (Å²) in [5, 5.41) is 11.6. The standard InChI is InChI=1S/C18H12BrClN4O3S/c19-15-11(3-6-14-16(15)27-9-26-14)8-21-24-17(25)13(22-23-18(24)28)7-10-1-4-12(20)5-2-10/h1-6,8H,7,9H2,(H,23,28)/b21-8+. The number of ether oxygens (including phenoxy) is 2. The van der Waals surface area contributed by atoms with Gasteiger partial charge < -0.3 is 9.47 Å². The molecule has 142 valence electrons. The van der Waals surface area contributed by atoms with Gasteiger partial charge in [0.05, 0.1) is 10.7 Å². The second-order valence-corrected chi connectivity index (χ2v) is 7.46. The Hall–Kier alpha value is -2.49. The summed E-state index contributed by atoms with van der Waals surface area (Å²) in [5.41, 5.74) is 1.50. The van der Waals surface area contributed by atoms with Crippen molar-refractivity contribution in [1.82, 2.24) is 14.9 Å². The van der Waals surface area contributed by atoms with E-state index >= 15 is 0 Å². The van der Waals surface area contributed by atoms with E-state index in [1.165, 1.54) is 6.21 Å². The topological polar surface area (TPSA) is 81.5 Å². The second-order valence-electron chi connectivity index (χ2n) is 5.84. The Bertz CT molecular complexity index is 1190. The number of hydrogen-bond donors (Lipinski definition) is 1. The van der Waals surface area contributed by atoms with E-state index in [-0.39, 0.29) is 17.3 Å². The molecule has 2 aromatic carbocycles. The van der Waals surface area contributed by atoms with Crippen molar-refractivity contribution in [3.05, 3.63) is 77.8 Å². The van der Waals surface area contributed by atoms with E-state index in [2.05, 4.69) is 31.2 Å². The molecule has 0 aliphatic carbocycles. The zero-order valence-corrected chi connectivity index (χ0v) is 17.3. The van der Waals surface area contributed by atoms with Gasteiger partial charge in [0.1, 0.15) is 5.69 Å². The summed E-state index contributed by atoms with van der Waals surface area (Å²) in [7, 11) is 0.